The molecule has 0 amide bonds. The summed E-state index contributed by atoms with van der Waals surface area (Å²) in [7, 11) is 0. The van der Waals surface area contributed by atoms with Crippen LogP contribution in [0.2, 0.25) is 0 Å². The molecule has 0 aliphatic rings. The predicted molar refractivity (Wildman–Crippen MR) is 257 cm³/mol. The van der Waals surface area contributed by atoms with Crippen LogP contribution in [0.25, 0.3) is 0 Å². The zero-order valence-corrected chi connectivity index (χ0v) is 38.8. The van der Waals surface area contributed by atoms with Gasteiger partial charge >= 0.3 is 11.9 Å². The molecule has 0 aromatic heterocycles. The fourth-order valence-electron chi connectivity index (χ4n) is 7.18. The third-order valence-corrected chi connectivity index (χ3v) is 12.9. The molecule has 0 unspecified atom stereocenters. The number of nitrogens with zero attached hydrogens (tertiary/aromatic N) is 2. The van der Waals surface area contributed by atoms with Crippen LogP contribution in [0.3, 0.4) is 0 Å². The van der Waals surface area contributed by atoms with Crippen molar-refractivity contribution in [1.82, 2.24) is 0 Å². The van der Waals surface area contributed by atoms with Gasteiger partial charge in [-0.3, -0.25) is 9.59 Å². The van der Waals surface area contributed by atoms with Crippen molar-refractivity contribution in [2.45, 2.75) is 123 Å². The lowest BCUT2D eigenvalue weighted by Gasteiger charge is -2.30. The van der Waals surface area contributed by atoms with Gasteiger partial charge in [0.05, 0.1) is 36.5 Å². The van der Waals surface area contributed by atoms with E-state index in [-0.39, 0.29) is 34.9 Å². The van der Waals surface area contributed by atoms with Gasteiger partial charge < -0.3 is 29.5 Å². The Balaban J connectivity index is 1.42. The number of unbranched alkanes of at least 4 members (excludes halogenated alkanes) is 10. The van der Waals surface area contributed by atoms with Gasteiger partial charge in [0.25, 0.3) is 0 Å². The molecular weight excluding hydrogens is 801 g/mol. The number of thioether (sulfide) groups is 2. The molecule has 4 aromatic rings. The van der Waals surface area contributed by atoms with Crippen molar-refractivity contribution in [3.05, 3.63) is 119 Å². The highest BCUT2D eigenvalue weighted by atomic mass is 32.2. The number of anilines is 2. The Labute approximate surface area is 374 Å². The monoisotopic (exact) mass is 870 g/mol. The maximum absolute atomic E-state index is 12.6. The Morgan fingerprint density at radius 3 is 1.31 bits per heavy atom. The van der Waals surface area contributed by atoms with Gasteiger partial charge in [0.1, 0.15) is 11.5 Å². The van der Waals surface area contributed by atoms with Crippen molar-refractivity contribution in [1.29, 1.82) is 0 Å². The van der Waals surface area contributed by atoms with Gasteiger partial charge in [0, 0.05) is 41.0 Å². The normalized spacial score (nSPS) is 11.3. The van der Waals surface area contributed by atoms with Crippen LogP contribution in [0.4, 0.5) is 11.4 Å². The largest absolute Gasteiger partial charge is 0.508 e. The summed E-state index contributed by atoms with van der Waals surface area (Å²) in [5, 5.41) is 22.4. The van der Waals surface area contributed by atoms with Crippen LogP contribution < -0.4 is 9.80 Å². The van der Waals surface area contributed by atoms with E-state index in [1.165, 1.54) is 74.9 Å². The number of carbonyl (C=O) groups is 2. The van der Waals surface area contributed by atoms with Gasteiger partial charge in [-0.1, -0.05) is 140 Å². The summed E-state index contributed by atoms with van der Waals surface area (Å²) in [6.45, 7) is 10.5. The van der Waals surface area contributed by atoms with Gasteiger partial charge in [-0.25, -0.2) is 0 Å². The minimum absolute atomic E-state index is 0.198. The Bertz CT molecular complexity index is 1730. The van der Waals surface area contributed by atoms with Crippen molar-refractivity contribution >= 4 is 46.8 Å². The Hall–Kier alpha value is -4.28. The van der Waals surface area contributed by atoms with Crippen molar-refractivity contribution in [3.8, 4) is 11.5 Å². The number of hydrogen-bond donors (Lipinski definition) is 2. The molecule has 4 rings (SSSR count). The molecular formula is C51H70N2O6S2. The maximum Gasteiger partial charge on any atom is 0.315 e. The average molecular weight is 871 g/mol. The SMILES string of the molecule is CCCCCCCCOC(=O)CSCN(Cc1cc(C(C)(C)c2ccc(O)c(CN(CSCC(=O)OCCCCCCCC)c3ccccc3)c2)ccc1O)c1ccccc1. The first-order valence-electron chi connectivity index (χ1n) is 22.3. The molecule has 4 aromatic carbocycles. The predicted octanol–water partition coefficient (Wildman–Crippen LogP) is 12.6. The first kappa shape index (κ1) is 49.4. The lowest BCUT2D eigenvalue weighted by molar-refractivity contribution is -0.141. The van der Waals surface area contributed by atoms with Crippen molar-refractivity contribution in [2.75, 3.05) is 46.3 Å². The minimum Gasteiger partial charge on any atom is -0.508 e. The second kappa shape index (κ2) is 27.6. The van der Waals surface area contributed by atoms with Crippen molar-refractivity contribution < 1.29 is 29.3 Å². The van der Waals surface area contributed by atoms with Gasteiger partial charge in [0.2, 0.25) is 0 Å². The Morgan fingerprint density at radius 2 is 0.918 bits per heavy atom. The van der Waals surface area contributed by atoms with Gasteiger partial charge in [-0.2, -0.15) is 0 Å². The van der Waals surface area contributed by atoms with Gasteiger partial charge in [-0.15, -0.1) is 23.5 Å². The molecule has 0 spiro atoms. The van der Waals surface area contributed by atoms with Crippen LogP contribution in [-0.2, 0) is 37.6 Å². The van der Waals surface area contributed by atoms with E-state index in [9.17, 15) is 19.8 Å². The molecule has 332 valence electrons. The van der Waals surface area contributed by atoms with E-state index >= 15 is 0 Å². The number of rotatable bonds is 30. The van der Waals surface area contributed by atoms with E-state index in [1.807, 2.05) is 72.8 Å². The highest BCUT2D eigenvalue weighted by Crippen LogP contribution is 2.37. The topological polar surface area (TPSA) is 99.5 Å². The van der Waals surface area contributed by atoms with Crippen LogP contribution in [0.1, 0.15) is 127 Å². The fourth-order valence-corrected chi connectivity index (χ4v) is 8.78. The summed E-state index contributed by atoms with van der Waals surface area (Å²) in [5.74, 6) is 1.62. The van der Waals surface area contributed by atoms with E-state index < -0.39 is 5.41 Å². The number of hydrogen-bond acceptors (Lipinski definition) is 10. The third kappa shape index (κ3) is 17.6. The molecule has 0 fully saturated rings. The zero-order valence-electron chi connectivity index (χ0n) is 37.1. The van der Waals surface area contributed by atoms with E-state index in [0.29, 0.717) is 38.1 Å². The number of aromatic hydroxyl groups is 2. The first-order valence-corrected chi connectivity index (χ1v) is 24.6. The zero-order chi connectivity index (χ0) is 43.7. The van der Waals surface area contributed by atoms with Crippen LogP contribution in [0, 0.1) is 0 Å². The summed E-state index contributed by atoms with van der Waals surface area (Å²) in [4.78, 5) is 29.5. The number of para-hydroxylation sites is 2. The lowest BCUT2D eigenvalue weighted by Crippen LogP contribution is -2.25. The number of ether oxygens (including phenoxy) is 2. The second-order valence-electron chi connectivity index (χ2n) is 16.3. The quantitative estimate of drug-likeness (QED) is 0.0299. The molecule has 61 heavy (non-hydrogen) atoms. The number of esters is 2. The molecule has 0 radical (unpaired) electrons. The Kier molecular flexibility index (Phi) is 22.4. The second-order valence-corrected chi connectivity index (χ2v) is 18.2. The van der Waals surface area contributed by atoms with Crippen LogP contribution >= 0.6 is 23.5 Å². The first-order chi connectivity index (χ1) is 29.6. The van der Waals surface area contributed by atoms with Crippen LogP contribution in [0.15, 0.2) is 97.1 Å². The molecule has 0 aliphatic carbocycles. The fraction of sp³-hybridized carbons (Fsp3) is 0.490. The average Bonchev–Trinajstić information content (AvgIpc) is 3.26. The molecule has 10 heteroatoms. The smallest absolute Gasteiger partial charge is 0.315 e. The molecule has 2 N–H and O–H groups in total. The minimum atomic E-state index is -0.483. The summed E-state index contributed by atoms with van der Waals surface area (Å²) in [6.07, 6.45) is 13.7. The summed E-state index contributed by atoms with van der Waals surface area (Å²) in [6, 6.07) is 31.7. The summed E-state index contributed by atoms with van der Waals surface area (Å²) >= 11 is 3.01. The molecule has 0 aliphatic heterocycles. The summed E-state index contributed by atoms with van der Waals surface area (Å²) in [5.41, 5.74) is 5.10. The lowest BCUT2D eigenvalue weighted by atomic mass is 9.77. The maximum atomic E-state index is 12.6. The highest BCUT2D eigenvalue weighted by molar-refractivity contribution is 8.00. The van der Waals surface area contributed by atoms with Crippen LogP contribution in [0.5, 0.6) is 11.5 Å². The van der Waals surface area contributed by atoms with Crippen LogP contribution in [-0.4, -0.2) is 58.6 Å². The number of phenolic OH excluding ortho intramolecular Hbond substituents is 2. The number of phenols is 2. The van der Waals surface area contributed by atoms with E-state index in [2.05, 4.69) is 49.6 Å². The molecule has 0 atom stereocenters. The molecule has 0 saturated heterocycles. The van der Waals surface area contributed by atoms with E-state index in [4.69, 9.17) is 9.47 Å². The molecule has 0 heterocycles. The number of benzene rings is 4. The van der Waals surface area contributed by atoms with E-state index in [1.54, 1.807) is 12.1 Å². The highest BCUT2D eigenvalue weighted by Gasteiger charge is 2.26. The molecule has 8 nitrogen and oxygen atoms in total. The van der Waals surface area contributed by atoms with E-state index in [0.717, 1.165) is 59.3 Å². The number of carbonyl (C=O) groups excluding carboxylic acids is 2. The molecule has 0 saturated carbocycles. The van der Waals surface area contributed by atoms with Gasteiger partial charge in [-0.05, 0) is 72.5 Å². The Morgan fingerprint density at radius 1 is 0.541 bits per heavy atom. The summed E-state index contributed by atoms with van der Waals surface area (Å²) < 4.78 is 11.1. The standard InChI is InChI=1S/C51H70N2O6S2/c1-5-7-9-11-13-21-31-58-49(56)37-60-39-52(45-23-17-15-18-24-45)35-41-33-43(27-29-47(41)54)51(3,4)44-28-30-48(55)42(34-44)36-53(46-25-19-16-20-26-46)40-61-38-50(57)59-32-22-14-12-10-8-6-2/h15-20,23-30,33-34,54-55H,5-14,21-22,31-32,35-40H2,1-4H3. The third-order valence-electron chi connectivity index (χ3n) is 11.0. The van der Waals surface area contributed by atoms with Crippen molar-refractivity contribution in [2.24, 2.45) is 0 Å². The molecule has 0 bridgehead atoms. The van der Waals surface area contributed by atoms with Gasteiger partial charge in [0.15, 0.2) is 0 Å². The van der Waals surface area contributed by atoms with Crippen molar-refractivity contribution in [3.63, 3.8) is 0 Å².